The van der Waals surface area contributed by atoms with Crippen molar-refractivity contribution in [3.63, 3.8) is 0 Å². The monoisotopic (exact) mass is 239 g/mol. The molecule has 1 aromatic heterocycles. The molecule has 0 atom stereocenters. The van der Waals surface area contributed by atoms with Crippen LogP contribution in [0.3, 0.4) is 0 Å². The van der Waals surface area contributed by atoms with Gasteiger partial charge in [-0.2, -0.15) is 9.97 Å². The van der Waals surface area contributed by atoms with E-state index in [9.17, 15) is 0 Å². The summed E-state index contributed by atoms with van der Waals surface area (Å²) in [5, 5.41) is 0. The Morgan fingerprint density at radius 3 is 2.59 bits per heavy atom. The van der Waals surface area contributed by atoms with Gasteiger partial charge in [-0.1, -0.05) is 12.8 Å². The van der Waals surface area contributed by atoms with Crippen molar-refractivity contribution in [1.29, 1.82) is 0 Å². The third kappa shape index (κ3) is 3.16. The van der Waals surface area contributed by atoms with Gasteiger partial charge < -0.3 is 9.47 Å². The maximum absolute atomic E-state index is 5.54. The van der Waals surface area contributed by atoms with Crippen LogP contribution in [0.5, 0.6) is 12.0 Å². The molecule has 17 heavy (non-hydrogen) atoms. The molecule has 0 amide bonds. The molecule has 1 aliphatic carbocycles. The third-order valence-corrected chi connectivity index (χ3v) is 2.83. The second-order valence-corrected chi connectivity index (χ2v) is 4.03. The first kappa shape index (κ1) is 11.8. The van der Waals surface area contributed by atoms with Crippen LogP contribution in [-0.2, 0) is 0 Å². The summed E-state index contributed by atoms with van der Waals surface area (Å²) in [6.07, 6.45) is 4.99. The molecular weight excluding hydrogens is 222 g/mol. The van der Waals surface area contributed by atoms with E-state index in [1.165, 1.54) is 32.8 Å². The number of aromatic nitrogens is 3. The minimum atomic E-state index is 0.189. The fraction of sp³-hybridized carbons (Fsp3) is 0.700. The molecule has 1 aliphatic rings. The lowest BCUT2D eigenvalue weighted by Gasteiger charge is -2.10. The lowest BCUT2D eigenvalue weighted by molar-refractivity contribution is 0.229. The lowest BCUT2D eigenvalue weighted by Crippen LogP contribution is -2.15. The molecule has 7 heteroatoms. The van der Waals surface area contributed by atoms with Crippen LogP contribution in [0.4, 0.5) is 5.95 Å². The average molecular weight is 239 g/mol. The van der Waals surface area contributed by atoms with E-state index in [0.717, 1.165) is 0 Å². The van der Waals surface area contributed by atoms with E-state index in [4.69, 9.17) is 15.3 Å². The van der Waals surface area contributed by atoms with E-state index < -0.39 is 0 Å². The number of anilines is 1. The van der Waals surface area contributed by atoms with Gasteiger partial charge in [0.1, 0.15) is 0 Å². The van der Waals surface area contributed by atoms with Crippen molar-refractivity contribution < 1.29 is 9.47 Å². The van der Waals surface area contributed by atoms with E-state index in [1.54, 1.807) is 0 Å². The highest BCUT2D eigenvalue weighted by molar-refractivity contribution is 5.25. The first-order valence-electron chi connectivity index (χ1n) is 5.71. The predicted octanol–water partition coefficient (Wildman–Crippen LogP) is 0.735. The fourth-order valence-electron chi connectivity index (χ4n) is 1.93. The van der Waals surface area contributed by atoms with Gasteiger partial charge in [-0.25, -0.2) is 5.84 Å². The van der Waals surface area contributed by atoms with Gasteiger partial charge >= 0.3 is 12.0 Å². The molecule has 0 unspecified atom stereocenters. The zero-order valence-corrected chi connectivity index (χ0v) is 9.85. The van der Waals surface area contributed by atoms with Gasteiger partial charge in [0.25, 0.3) is 0 Å². The summed E-state index contributed by atoms with van der Waals surface area (Å²) in [6.45, 7) is 0.636. The van der Waals surface area contributed by atoms with Crippen LogP contribution in [0.1, 0.15) is 25.7 Å². The highest BCUT2D eigenvalue weighted by Crippen LogP contribution is 2.25. The molecule has 2 rings (SSSR count). The smallest absolute Gasteiger partial charge is 0.324 e. The summed E-state index contributed by atoms with van der Waals surface area (Å²) < 4.78 is 10.5. The van der Waals surface area contributed by atoms with E-state index in [-0.39, 0.29) is 18.0 Å². The van der Waals surface area contributed by atoms with Crippen LogP contribution in [-0.4, -0.2) is 28.7 Å². The van der Waals surface area contributed by atoms with Crippen molar-refractivity contribution in [2.75, 3.05) is 19.1 Å². The van der Waals surface area contributed by atoms with Crippen molar-refractivity contribution in [3.8, 4) is 12.0 Å². The summed E-state index contributed by atoms with van der Waals surface area (Å²) in [7, 11) is 1.48. The highest BCUT2D eigenvalue weighted by atomic mass is 16.5. The van der Waals surface area contributed by atoms with E-state index in [1.807, 2.05) is 0 Å². The molecular formula is C10H17N5O2. The van der Waals surface area contributed by atoms with E-state index >= 15 is 0 Å². The molecule has 0 aromatic carbocycles. The molecule has 1 fully saturated rings. The summed E-state index contributed by atoms with van der Waals surface area (Å²) >= 11 is 0. The molecule has 1 saturated carbocycles. The Hall–Kier alpha value is -1.63. The number of nitrogens with one attached hydrogen (secondary N) is 1. The number of hydrogen-bond acceptors (Lipinski definition) is 7. The number of rotatable bonds is 5. The van der Waals surface area contributed by atoms with Gasteiger partial charge in [-0.05, 0) is 18.8 Å². The number of methoxy groups -OCH3 is 1. The topological polar surface area (TPSA) is 95.2 Å². The van der Waals surface area contributed by atoms with E-state index in [0.29, 0.717) is 12.5 Å². The first-order chi connectivity index (χ1) is 8.31. The van der Waals surface area contributed by atoms with Gasteiger partial charge in [0.15, 0.2) is 0 Å². The Bertz CT molecular complexity index is 345. The molecule has 0 aliphatic heterocycles. The normalized spacial score (nSPS) is 15.9. The van der Waals surface area contributed by atoms with Crippen molar-refractivity contribution >= 4 is 5.95 Å². The van der Waals surface area contributed by atoms with Gasteiger partial charge in [-0.15, -0.1) is 4.98 Å². The first-order valence-corrected chi connectivity index (χ1v) is 5.71. The number of hydrogen-bond donors (Lipinski definition) is 2. The fourth-order valence-corrected chi connectivity index (χ4v) is 1.93. The summed E-state index contributed by atoms with van der Waals surface area (Å²) in [5.74, 6) is 6.08. The van der Waals surface area contributed by atoms with Crippen LogP contribution in [0.2, 0.25) is 0 Å². The van der Waals surface area contributed by atoms with Gasteiger partial charge in [0, 0.05) is 0 Å². The molecule has 3 N–H and O–H groups in total. The van der Waals surface area contributed by atoms with Crippen molar-refractivity contribution in [3.05, 3.63) is 0 Å². The van der Waals surface area contributed by atoms with Crippen molar-refractivity contribution in [2.45, 2.75) is 25.7 Å². The van der Waals surface area contributed by atoms with Crippen LogP contribution >= 0.6 is 0 Å². The van der Waals surface area contributed by atoms with Gasteiger partial charge in [-0.3, -0.25) is 5.43 Å². The standard InChI is InChI=1S/C10H17N5O2/c1-16-9-12-8(15-11)13-10(14-9)17-6-7-4-2-3-5-7/h7H,2-6,11H2,1H3,(H,12,13,14,15). The Morgan fingerprint density at radius 2 is 1.94 bits per heavy atom. The number of nitrogen functional groups attached to an aromatic ring is 1. The number of hydrazine groups is 1. The second-order valence-electron chi connectivity index (χ2n) is 4.03. The van der Waals surface area contributed by atoms with Gasteiger partial charge in [0.05, 0.1) is 13.7 Å². The Kier molecular flexibility index (Phi) is 3.92. The molecule has 0 saturated heterocycles. The van der Waals surface area contributed by atoms with Crippen LogP contribution in [0, 0.1) is 5.92 Å². The van der Waals surface area contributed by atoms with Crippen LogP contribution in [0.25, 0.3) is 0 Å². The Balaban J connectivity index is 1.98. The average Bonchev–Trinajstić information content (AvgIpc) is 2.89. The summed E-state index contributed by atoms with van der Waals surface area (Å²) in [4.78, 5) is 11.9. The number of ether oxygens (including phenoxy) is 2. The molecule has 0 radical (unpaired) electrons. The molecule has 1 aromatic rings. The predicted molar refractivity (Wildman–Crippen MR) is 61.6 cm³/mol. The SMILES string of the molecule is COc1nc(NN)nc(OCC2CCCC2)n1. The van der Waals surface area contributed by atoms with Crippen LogP contribution < -0.4 is 20.7 Å². The quantitative estimate of drug-likeness (QED) is 0.577. The van der Waals surface area contributed by atoms with Crippen LogP contribution in [0.15, 0.2) is 0 Å². The molecule has 0 spiro atoms. The number of nitrogens with zero attached hydrogens (tertiary/aromatic N) is 3. The minimum Gasteiger partial charge on any atom is -0.467 e. The van der Waals surface area contributed by atoms with Crippen molar-refractivity contribution in [1.82, 2.24) is 15.0 Å². The van der Waals surface area contributed by atoms with Gasteiger partial charge in [0.2, 0.25) is 5.95 Å². The maximum Gasteiger partial charge on any atom is 0.324 e. The second kappa shape index (κ2) is 5.62. The summed E-state index contributed by atoms with van der Waals surface area (Å²) in [5.41, 5.74) is 2.35. The molecule has 7 nitrogen and oxygen atoms in total. The molecule has 1 heterocycles. The number of nitrogens with two attached hydrogens (primary N) is 1. The van der Waals surface area contributed by atoms with Crippen molar-refractivity contribution in [2.24, 2.45) is 11.8 Å². The Morgan fingerprint density at radius 1 is 1.24 bits per heavy atom. The minimum absolute atomic E-state index is 0.189. The molecule has 94 valence electrons. The zero-order valence-electron chi connectivity index (χ0n) is 9.85. The van der Waals surface area contributed by atoms with E-state index in [2.05, 4.69) is 20.4 Å². The largest absolute Gasteiger partial charge is 0.467 e. The zero-order chi connectivity index (χ0) is 12.1. The third-order valence-electron chi connectivity index (χ3n) is 2.83. The maximum atomic E-state index is 5.54. The molecule has 0 bridgehead atoms. The summed E-state index contributed by atoms with van der Waals surface area (Å²) in [6, 6.07) is 0.436. The lowest BCUT2D eigenvalue weighted by atomic mass is 10.1. The highest BCUT2D eigenvalue weighted by Gasteiger charge is 2.16. The Labute approximate surface area is 99.7 Å².